The summed E-state index contributed by atoms with van der Waals surface area (Å²) in [4.78, 5) is 17.8. The molecule has 1 aromatic carbocycles. The second kappa shape index (κ2) is 9.17. The summed E-state index contributed by atoms with van der Waals surface area (Å²) in [7, 11) is -3.00. The molecule has 0 aromatic heterocycles. The molecular weight excluding hydrogens is 384 g/mol. The molecule has 160 valence electrons. The molecule has 0 radical (unpaired) electrons. The minimum atomic E-state index is -3.00. The van der Waals surface area contributed by atoms with Crippen LogP contribution in [0.25, 0.3) is 0 Å². The van der Waals surface area contributed by atoms with Crippen LogP contribution in [-0.4, -0.2) is 60.8 Å². The maximum absolute atomic E-state index is 13.5. The molecule has 0 spiro atoms. The fourth-order valence-electron chi connectivity index (χ4n) is 5.22. The van der Waals surface area contributed by atoms with Crippen molar-refractivity contribution in [1.29, 1.82) is 0 Å². The lowest BCUT2D eigenvalue weighted by Crippen LogP contribution is -2.51. The molecule has 3 fully saturated rings. The van der Waals surface area contributed by atoms with Crippen LogP contribution in [0.4, 0.5) is 0 Å². The van der Waals surface area contributed by atoms with Gasteiger partial charge < -0.3 is 4.90 Å². The molecule has 5 nitrogen and oxygen atoms in total. The first kappa shape index (κ1) is 20.9. The van der Waals surface area contributed by atoms with Crippen molar-refractivity contribution >= 4 is 15.7 Å². The Morgan fingerprint density at radius 2 is 1.66 bits per heavy atom. The standard InChI is InChI=1S/C23H34N2O3S/c26-23(25(21-11-4-5-12-21)22-13-14-29(27,28)18-22)17-24(16-20-9-6-10-20)15-19-7-2-1-3-8-19/h1-3,7-8,20-22H,4-6,9-18H2. The summed E-state index contributed by atoms with van der Waals surface area (Å²) in [6.45, 7) is 2.14. The average molecular weight is 419 g/mol. The zero-order valence-electron chi connectivity index (χ0n) is 17.3. The van der Waals surface area contributed by atoms with E-state index in [1.807, 2.05) is 23.1 Å². The number of hydrogen-bond acceptors (Lipinski definition) is 4. The van der Waals surface area contributed by atoms with Gasteiger partial charge in [-0.15, -0.1) is 0 Å². The maximum Gasteiger partial charge on any atom is 0.237 e. The first-order valence-electron chi connectivity index (χ1n) is 11.3. The lowest BCUT2D eigenvalue weighted by Gasteiger charge is -2.37. The normalized spacial score (nSPS) is 24.7. The number of sulfone groups is 1. The molecule has 1 aromatic rings. The number of rotatable bonds is 8. The molecule has 4 rings (SSSR count). The molecule has 1 unspecified atom stereocenters. The van der Waals surface area contributed by atoms with E-state index in [0.29, 0.717) is 18.9 Å². The molecular formula is C23H34N2O3S. The summed E-state index contributed by atoms with van der Waals surface area (Å²) >= 11 is 0. The van der Waals surface area contributed by atoms with E-state index in [1.165, 1.54) is 24.8 Å². The largest absolute Gasteiger partial charge is 0.335 e. The van der Waals surface area contributed by atoms with Crippen molar-refractivity contribution in [3.63, 3.8) is 0 Å². The van der Waals surface area contributed by atoms with Gasteiger partial charge >= 0.3 is 0 Å². The Balaban J connectivity index is 1.48. The highest BCUT2D eigenvalue weighted by Crippen LogP contribution is 2.30. The topological polar surface area (TPSA) is 57.7 Å². The van der Waals surface area contributed by atoms with E-state index in [1.54, 1.807) is 0 Å². The van der Waals surface area contributed by atoms with Crippen LogP contribution in [0.1, 0.15) is 56.9 Å². The molecule has 1 saturated heterocycles. The van der Waals surface area contributed by atoms with Gasteiger partial charge in [0.05, 0.1) is 18.1 Å². The number of benzene rings is 1. The number of carbonyl (C=O) groups is 1. The van der Waals surface area contributed by atoms with E-state index in [9.17, 15) is 13.2 Å². The molecule has 2 aliphatic carbocycles. The smallest absolute Gasteiger partial charge is 0.237 e. The lowest BCUT2D eigenvalue weighted by molar-refractivity contribution is -0.137. The van der Waals surface area contributed by atoms with Crippen molar-refractivity contribution in [3.8, 4) is 0 Å². The Bertz CT molecular complexity index is 786. The number of hydrogen-bond donors (Lipinski definition) is 0. The molecule has 6 heteroatoms. The lowest BCUT2D eigenvalue weighted by atomic mass is 9.85. The Hall–Kier alpha value is -1.40. The molecule has 1 atom stereocenters. The van der Waals surface area contributed by atoms with Gasteiger partial charge in [0.25, 0.3) is 0 Å². The summed E-state index contributed by atoms with van der Waals surface area (Å²) < 4.78 is 24.2. The van der Waals surface area contributed by atoms with Crippen LogP contribution in [0, 0.1) is 5.92 Å². The van der Waals surface area contributed by atoms with Gasteiger partial charge in [-0.25, -0.2) is 8.42 Å². The van der Waals surface area contributed by atoms with Crippen LogP contribution < -0.4 is 0 Å². The summed E-state index contributed by atoms with van der Waals surface area (Å²) in [5.41, 5.74) is 1.23. The van der Waals surface area contributed by atoms with Crippen LogP contribution in [0.15, 0.2) is 30.3 Å². The van der Waals surface area contributed by atoms with Gasteiger partial charge in [0.15, 0.2) is 9.84 Å². The van der Waals surface area contributed by atoms with Crippen LogP contribution in [0.5, 0.6) is 0 Å². The highest BCUT2D eigenvalue weighted by Gasteiger charge is 2.39. The van der Waals surface area contributed by atoms with E-state index in [0.717, 1.165) is 38.8 Å². The summed E-state index contributed by atoms with van der Waals surface area (Å²) in [6.07, 6.45) is 8.73. The third-order valence-corrected chi connectivity index (χ3v) is 8.71. The number of carbonyl (C=O) groups excluding carboxylic acids is 1. The predicted octanol–water partition coefficient (Wildman–Crippen LogP) is 3.25. The summed E-state index contributed by atoms with van der Waals surface area (Å²) in [5.74, 6) is 1.20. The Morgan fingerprint density at radius 3 is 2.24 bits per heavy atom. The molecule has 2 saturated carbocycles. The average Bonchev–Trinajstić information content (AvgIpc) is 3.29. The van der Waals surface area contributed by atoms with E-state index in [4.69, 9.17) is 0 Å². The fourth-order valence-corrected chi connectivity index (χ4v) is 6.93. The van der Waals surface area contributed by atoms with Crippen molar-refractivity contribution in [3.05, 3.63) is 35.9 Å². The highest BCUT2D eigenvalue weighted by atomic mass is 32.2. The van der Waals surface area contributed by atoms with Crippen molar-refractivity contribution in [2.45, 2.75) is 70.0 Å². The van der Waals surface area contributed by atoms with E-state index >= 15 is 0 Å². The first-order valence-corrected chi connectivity index (χ1v) is 13.1. The van der Waals surface area contributed by atoms with Gasteiger partial charge in [-0.2, -0.15) is 0 Å². The zero-order chi connectivity index (χ0) is 20.3. The van der Waals surface area contributed by atoms with Crippen LogP contribution >= 0.6 is 0 Å². The van der Waals surface area contributed by atoms with E-state index < -0.39 is 9.84 Å². The quantitative estimate of drug-likeness (QED) is 0.650. The monoisotopic (exact) mass is 418 g/mol. The Labute approximate surface area is 175 Å². The van der Waals surface area contributed by atoms with Gasteiger partial charge in [0.1, 0.15) is 0 Å². The predicted molar refractivity (Wildman–Crippen MR) is 115 cm³/mol. The first-order chi connectivity index (χ1) is 14.0. The number of nitrogens with zero attached hydrogens (tertiary/aromatic N) is 2. The molecule has 0 bridgehead atoms. The minimum Gasteiger partial charge on any atom is -0.335 e. The Morgan fingerprint density at radius 1 is 0.931 bits per heavy atom. The van der Waals surface area contributed by atoms with Crippen molar-refractivity contribution in [2.24, 2.45) is 5.92 Å². The number of amides is 1. The molecule has 0 N–H and O–H groups in total. The third-order valence-electron chi connectivity index (χ3n) is 6.96. The zero-order valence-corrected chi connectivity index (χ0v) is 18.2. The van der Waals surface area contributed by atoms with Crippen molar-refractivity contribution in [1.82, 2.24) is 9.80 Å². The molecule has 3 aliphatic rings. The molecule has 1 aliphatic heterocycles. The Kier molecular flexibility index (Phi) is 6.60. The molecule has 1 amide bonds. The fraction of sp³-hybridized carbons (Fsp3) is 0.696. The molecule has 1 heterocycles. The van der Waals surface area contributed by atoms with Crippen LogP contribution in [-0.2, 0) is 21.2 Å². The van der Waals surface area contributed by atoms with Gasteiger partial charge in [-0.1, -0.05) is 49.6 Å². The minimum absolute atomic E-state index is 0.127. The van der Waals surface area contributed by atoms with Crippen LogP contribution in [0.2, 0.25) is 0 Å². The van der Waals surface area contributed by atoms with Crippen molar-refractivity contribution < 1.29 is 13.2 Å². The second-order valence-corrected chi connectivity index (χ2v) is 11.5. The van der Waals surface area contributed by atoms with Gasteiger partial charge in [0, 0.05) is 25.2 Å². The summed E-state index contributed by atoms with van der Waals surface area (Å²) in [5, 5.41) is 0. The van der Waals surface area contributed by atoms with Gasteiger partial charge in [0.2, 0.25) is 5.91 Å². The third kappa shape index (κ3) is 5.40. The molecule has 29 heavy (non-hydrogen) atoms. The maximum atomic E-state index is 13.5. The van der Waals surface area contributed by atoms with Crippen molar-refractivity contribution in [2.75, 3.05) is 24.6 Å². The van der Waals surface area contributed by atoms with E-state index in [-0.39, 0.29) is 29.5 Å². The van der Waals surface area contributed by atoms with E-state index in [2.05, 4.69) is 17.0 Å². The SMILES string of the molecule is O=C(CN(Cc1ccccc1)CC1CCC1)N(C1CCCC1)C1CCS(=O)(=O)C1. The van der Waals surface area contributed by atoms with Crippen LogP contribution in [0.3, 0.4) is 0 Å². The van der Waals surface area contributed by atoms with Gasteiger partial charge in [-0.3, -0.25) is 9.69 Å². The second-order valence-electron chi connectivity index (χ2n) is 9.25. The van der Waals surface area contributed by atoms with Gasteiger partial charge in [-0.05, 0) is 43.6 Å². The summed E-state index contributed by atoms with van der Waals surface area (Å²) in [6, 6.07) is 10.5. The highest BCUT2D eigenvalue weighted by molar-refractivity contribution is 7.91.